The van der Waals surface area contributed by atoms with E-state index in [0.29, 0.717) is 13.1 Å². The molecule has 0 aliphatic carbocycles. The van der Waals surface area contributed by atoms with Crippen molar-refractivity contribution in [2.75, 3.05) is 13.1 Å². The summed E-state index contributed by atoms with van der Waals surface area (Å²) in [6, 6.07) is 6.13. The summed E-state index contributed by atoms with van der Waals surface area (Å²) in [6.45, 7) is 6.49. The number of halogens is 1. The summed E-state index contributed by atoms with van der Waals surface area (Å²) < 4.78 is 12.7. The lowest BCUT2D eigenvalue weighted by molar-refractivity contribution is -0.122. The lowest BCUT2D eigenvalue weighted by atomic mass is 10.1. The fraction of sp³-hybridized carbons (Fsp3) is 0.357. The Morgan fingerprint density at radius 2 is 2.11 bits per heavy atom. The van der Waals surface area contributed by atoms with Gasteiger partial charge in [0.2, 0.25) is 5.91 Å². The van der Waals surface area contributed by atoms with E-state index in [-0.39, 0.29) is 17.8 Å². The van der Waals surface area contributed by atoms with Crippen molar-refractivity contribution < 1.29 is 9.18 Å². The summed E-state index contributed by atoms with van der Waals surface area (Å²) in [5.74, 6) is -0.280. The van der Waals surface area contributed by atoms with Crippen LogP contribution in [-0.4, -0.2) is 25.0 Å². The van der Waals surface area contributed by atoms with Gasteiger partial charge in [0.25, 0.3) is 0 Å². The van der Waals surface area contributed by atoms with Gasteiger partial charge in [-0.1, -0.05) is 18.2 Å². The minimum Gasteiger partial charge on any atom is -0.351 e. The summed E-state index contributed by atoms with van der Waals surface area (Å²) in [5, 5.41) is 5.83. The van der Waals surface area contributed by atoms with E-state index in [4.69, 9.17) is 0 Å². The van der Waals surface area contributed by atoms with Gasteiger partial charge in [-0.25, -0.2) is 4.39 Å². The van der Waals surface area contributed by atoms with Gasteiger partial charge < -0.3 is 10.6 Å². The van der Waals surface area contributed by atoms with Crippen LogP contribution in [0.1, 0.15) is 12.5 Å². The van der Waals surface area contributed by atoms with Crippen molar-refractivity contribution in [3.8, 4) is 0 Å². The third-order valence-electron chi connectivity index (χ3n) is 2.59. The van der Waals surface area contributed by atoms with Gasteiger partial charge in [0.05, 0.1) is 6.04 Å². The van der Waals surface area contributed by atoms with E-state index in [0.717, 1.165) is 12.0 Å². The molecule has 2 N–H and O–H groups in total. The van der Waals surface area contributed by atoms with Crippen LogP contribution < -0.4 is 10.6 Å². The van der Waals surface area contributed by atoms with Gasteiger partial charge in [-0.2, -0.15) is 0 Å². The van der Waals surface area contributed by atoms with Crippen molar-refractivity contribution in [2.45, 2.75) is 19.4 Å². The summed E-state index contributed by atoms with van der Waals surface area (Å²) in [5.41, 5.74) is 1.04. The molecule has 0 heterocycles. The predicted octanol–water partition coefficient (Wildman–Crippen LogP) is 1.65. The van der Waals surface area contributed by atoms with Gasteiger partial charge in [0.1, 0.15) is 5.82 Å². The molecule has 4 heteroatoms. The van der Waals surface area contributed by atoms with Crippen molar-refractivity contribution in [3.05, 3.63) is 48.3 Å². The van der Waals surface area contributed by atoms with Crippen LogP contribution in [-0.2, 0) is 11.2 Å². The topological polar surface area (TPSA) is 41.1 Å². The largest absolute Gasteiger partial charge is 0.351 e. The molecule has 1 aromatic rings. The highest BCUT2D eigenvalue weighted by molar-refractivity contribution is 5.81. The van der Waals surface area contributed by atoms with Gasteiger partial charge >= 0.3 is 0 Å². The number of carbonyl (C=O) groups excluding carboxylic acids is 1. The first-order valence-electron chi connectivity index (χ1n) is 6.00. The minimum absolute atomic E-state index is 0.0472. The molecule has 18 heavy (non-hydrogen) atoms. The zero-order valence-electron chi connectivity index (χ0n) is 10.6. The number of nitrogens with one attached hydrogen (secondary N) is 2. The van der Waals surface area contributed by atoms with Gasteiger partial charge in [0, 0.05) is 6.54 Å². The molecule has 0 aliphatic rings. The van der Waals surface area contributed by atoms with Crippen LogP contribution >= 0.6 is 0 Å². The van der Waals surface area contributed by atoms with E-state index in [1.165, 1.54) is 12.1 Å². The lowest BCUT2D eigenvalue weighted by Gasteiger charge is -2.13. The van der Waals surface area contributed by atoms with Crippen LogP contribution in [0.3, 0.4) is 0 Å². The van der Waals surface area contributed by atoms with E-state index in [9.17, 15) is 9.18 Å². The summed E-state index contributed by atoms with van der Waals surface area (Å²) >= 11 is 0. The number of carbonyl (C=O) groups is 1. The molecule has 1 rings (SSSR count). The maximum absolute atomic E-state index is 12.7. The monoisotopic (exact) mass is 250 g/mol. The van der Waals surface area contributed by atoms with Crippen LogP contribution in [0.5, 0.6) is 0 Å². The van der Waals surface area contributed by atoms with Crippen molar-refractivity contribution >= 4 is 5.91 Å². The van der Waals surface area contributed by atoms with Crippen LogP contribution in [0.2, 0.25) is 0 Å². The first-order chi connectivity index (χ1) is 8.63. The minimum atomic E-state index is -0.245. The van der Waals surface area contributed by atoms with Gasteiger partial charge in [0.15, 0.2) is 0 Å². The first-order valence-corrected chi connectivity index (χ1v) is 6.00. The molecule has 1 aromatic carbocycles. The Hall–Kier alpha value is -1.68. The van der Waals surface area contributed by atoms with E-state index in [1.807, 2.05) is 6.92 Å². The molecule has 0 aromatic heterocycles. The van der Waals surface area contributed by atoms with Crippen LogP contribution in [0.25, 0.3) is 0 Å². The van der Waals surface area contributed by atoms with E-state index < -0.39 is 0 Å². The molecule has 0 saturated carbocycles. The van der Waals surface area contributed by atoms with Crippen LogP contribution in [0.15, 0.2) is 36.9 Å². The molecular formula is C14H19FN2O. The highest BCUT2D eigenvalue weighted by Crippen LogP contribution is 2.02. The van der Waals surface area contributed by atoms with Crippen LogP contribution in [0, 0.1) is 5.82 Å². The predicted molar refractivity (Wildman–Crippen MR) is 70.8 cm³/mol. The SMILES string of the molecule is C=CCNC(=O)C(C)NCCc1ccc(F)cc1. The molecule has 98 valence electrons. The van der Waals surface area contributed by atoms with Gasteiger partial charge in [-0.05, 0) is 37.6 Å². The number of benzene rings is 1. The Kier molecular flexibility index (Phi) is 6.08. The van der Waals surface area contributed by atoms with Crippen molar-refractivity contribution in [1.82, 2.24) is 10.6 Å². The number of amides is 1. The maximum atomic E-state index is 12.7. The maximum Gasteiger partial charge on any atom is 0.237 e. The summed E-state index contributed by atoms with van der Waals surface area (Å²) in [7, 11) is 0. The molecule has 1 unspecified atom stereocenters. The Morgan fingerprint density at radius 1 is 1.44 bits per heavy atom. The third-order valence-corrected chi connectivity index (χ3v) is 2.59. The first kappa shape index (κ1) is 14.4. The lowest BCUT2D eigenvalue weighted by Crippen LogP contribution is -2.42. The second-order valence-electron chi connectivity index (χ2n) is 4.09. The normalized spacial score (nSPS) is 11.9. The fourth-order valence-corrected chi connectivity index (χ4v) is 1.50. The number of hydrogen-bond donors (Lipinski definition) is 2. The summed E-state index contributed by atoms with van der Waals surface area (Å²) in [6.07, 6.45) is 2.41. The molecule has 0 bridgehead atoms. The highest BCUT2D eigenvalue weighted by atomic mass is 19.1. The Bertz CT molecular complexity index is 389. The average molecular weight is 250 g/mol. The van der Waals surface area contributed by atoms with Crippen molar-refractivity contribution in [2.24, 2.45) is 0 Å². The van der Waals surface area contributed by atoms with Gasteiger partial charge in [-0.15, -0.1) is 6.58 Å². The number of rotatable bonds is 7. The molecule has 0 saturated heterocycles. The molecule has 1 amide bonds. The summed E-state index contributed by atoms with van der Waals surface area (Å²) in [4.78, 5) is 11.5. The molecule has 3 nitrogen and oxygen atoms in total. The van der Waals surface area contributed by atoms with E-state index >= 15 is 0 Å². The Morgan fingerprint density at radius 3 is 2.72 bits per heavy atom. The second-order valence-corrected chi connectivity index (χ2v) is 4.09. The zero-order valence-corrected chi connectivity index (χ0v) is 10.6. The van der Waals surface area contributed by atoms with E-state index in [1.54, 1.807) is 18.2 Å². The molecule has 0 aliphatic heterocycles. The molecular weight excluding hydrogens is 231 g/mol. The smallest absolute Gasteiger partial charge is 0.237 e. The second kappa shape index (κ2) is 7.61. The molecule has 0 radical (unpaired) electrons. The average Bonchev–Trinajstić information content (AvgIpc) is 2.38. The Balaban J connectivity index is 2.26. The number of hydrogen-bond acceptors (Lipinski definition) is 2. The standard InChI is InChI=1S/C14H19FN2O/c1-3-9-17-14(18)11(2)16-10-8-12-4-6-13(15)7-5-12/h3-7,11,16H,1,8-10H2,2H3,(H,17,18). The van der Waals surface area contributed by atoms with Crippen LogP contribution in [0.4, 0.5) is 4.39 Å². The quantitative estimate of drug-likeness (QED) is 0.722. The van der Waals surface area contributed by atoms with Gasteiger partial charge in [-0.3, -0.25) is 4.79 Å². The Labute approximate surface area is 107 Å². The van der Waals surface area contributed by atoms with E-state index in [2.05, 4.69) is 17.2 Å². The third kappa shape index (κ3) is 5.10. The molecule has 0 fully saturated rings. The highest BCUT2D eigenvalue weighted by Gasteiger charge is 2.10. The van der Waals surface area contributed by atoms with Crippen molar-refractivity contribution in [3.63, 3.8) is 0 Å². The molecule has 0 spiro atoms. The molecule has 1 atom stereocenters. The zero-order chi connectivity index (χ0) is 13.4. The van der Waals surface area contributed by atoms with Crippen molar-refractivity contribution in [1.29, 1.82) is 0 Å². The fourth-order valence-electron chi connectivity index (χ4n) is 1.50.